The summed E-state index contributed by atoms with van der Waals surface area (Å²) in [6.45, 7) is 6.32. The molecule has 3 aromatic heterocycles. The minimum absolute atomic E-state index is 0.181. The first-order chi connectivity index (χ1) is 15.9. The van der Waals surface area contributed by atoms with E-state index in [4.69, 9.17) is 4.98 Å². The maximum Gasteiger partial charge on any atom is 0.332 e. The lowest BCUT2D eigenvalue weighted by Crippen LogP contribution is -2.39. The van der Waals surface area contributed by atoms with Crippen molar-refractivity contribution in [3.63, 3.8) is 0 Å². The van der Waals surface area contributed by atoms with Crippen molar-refractivity contribution in [2.75, 3.05) is 0 Å². The van der Waals surface area contributed by atoms with Crippen LogP contribution in [-0.2, 0) is 13.6 Å². The van der Waals surface area contributed by atoms with Crippen LogP contribution in [-0.4, -0.2) is 23.1 Å². The molecular formula is C26H25N5O2. The molecule has 0 radical (unpaired) electrons. The Labute approximate surface area is 190 Å². The normalized spacial score (nSPS) is 11.9. The van der Waals surface area contributed by atoms with Gasteiger partial charge in [-0.1, -0.05) is 54.6 Å². The third-order valence-corrected chi connectivity index (χ3v) is 6.24. The predicted molar refractivity (Wildman–Crippen MR) is 131 cm³/mol. The van der Waals surface area contributed by atoms with Crippen molar-refractivity contribution in [3.05, 3.63) is 104 Å². The number of hydrogen-bond donors (Lipinski definition) is 0. The first kappa shape index (κ1) is 20.8. The fourth-order valence-corrected chi connectivity index (χ4v) is 4.31. The number of fused-ring (bicyclic) bond motifs is 3. The van der Waals surface area contributed by atoms with E-state index in [1.807, 2.05) is 72.3 Å². The molecule has 0 saturated heterocycles. The molecule has 0 saturated carbocycles. The third-order valence-electron chi connectivity index (χ3n) is 6.24. The number of rotatable bonds is 4. The second kappa shape index (κ2) is 7.78. The number of aryl methyl sites for hydroxylation is 3. The summed E-state index contributed by atoms with van der Waals surface area (Å²) in [4.78, 5) is 31.2. The summed E-state index contributed by atoms with van der Waals surface area (Å²) in [5.74, 6) is 0.612. The number of aromatic nitrogens is 5. The van der Waals surface area contributed by atoms with E-state index in [1.54, 1.807) is 11.4 Å². The Morgan fingerprint density at radius 3 is 2.48 bits per heavy atom. The van der Waals surface area contributed by atoms with Crippen LogP contribution in [0, 0.1) is 20.8 Å². The Morgan fingerprint density at radius 2 is 1.73 bits per heavy atom. The number of allylic oxidation sites excluding steroid dienone is 1. The summed E-state index contributed by atoms with van der Waals surface area (Å²) in [5, 5.41) is 0. The highest BCUT2D eigenvalue weighted by atomic mass is 16.2. The van der Waals surface area contributed by atoms with Gasteiger partial charge in [0.25, 0.3) is 5.56 Å². The first-order valence-corrected chi connectivity index (χ1v) is 10.9. The lowest BCUT2D eigenvalue weighted by Gasteiger charge is -2.11. The lowest BCUT2D eigenvalue weighted by atomic mass is 10.1. The molecule has 0 spiro atoms. The van der Waals surface area contributed by atoms with Gasteiger partial charge in [0.15, 0.2) is 11.2 Å². The highest BCUT2D eigenvalue weighted by Gasteiger charge is 2.21. The zero-order valence-corrected chi connectivity index (χ0v) is 19.1. The quantitative estimate of drug-likeness (QED) is 0.428. The summed E-state index contributed by atoms with van der Waals surface area (Å²) >= 11 is 0. The molecule has 5 rings (SSSR count). The summed E-state index contributed by atoms with van der Waals surface area (Å²) in [6.07, 6.45) is 5.64. The Bertz CT molecular complexity index is 1660. The van der Waals surface area contributed by atoms with Gasteiger partial charge < -0.3 is 0 Å². The predicted octanol–water partition coefficient (Wildman–Crippen LogP) is 3.78. The minimum atomic E-state index is -0.388. The monoisotopic (exact) mass is 439 g/mol. The van der Waals surface area contributed by atoms with Crippen LogP contribution in [0.2, 0.25) is 0 Å². The second-order valence-electron chi connectivity index (χ2n) is 8.35. The summed E-state index contributed by atoms with van der Waals surface area (Å²) in [7, 11) is 1.66. The van der Waals surface area contributed by atoms with Gasteiger partial charge >= 0.3 is 5.69 Å². The van der Waals surface area contributed by atoms with E-state index in [9.17, 15) is 9.59 Å². The van der Waals surface area contributed by atoms with Crippen molar-refractivity contribution in [3.8, 4) is 5.69 Å². The zero-order chi connectivity index (χ0) is 23.3. The van der Waals surface area contributed by atoms with Crippen molar-refractivity contribution < 1.29 is 0 Å². The van der Waals surface area contributed by atoms with Gasteiger partial charge in [0.1, 0.15) is 0 Å². The largest absolute Gasteiger partial charge is 0.332 e. The maximum atomic E-state index is 13.4. The van der Waals surface area contributed by atoms with Crippen LogP contribution >= 0.6 is 0 Å². The van der Waals surface area contributed by atoms with Crippen molar-refractivity contribution >= 4 is 23.0 Å². The van der Waals surface area contributed by atoms with E-state index in [-0.39, 0.29) is 17.8 Å². The van der Waals surface area contributed by atoms with E-state index >= 15 is 0 Å². The van der Waals surface area contributed by atoms with E-state index in [1.165, 1.54) is 14.7 Å². The Hall–Kier alpha value is -4.13. The highest BCUT2D eigenvalue weighted by molar-refractivity contribution is 5.76. The van der Waals surface area contributed by atoms with Crippen LogP contribution in [0.15, 0.2) is 70.4 Å². The Kier molecular flexibility index (Phi) is 4.89. The Balaban J connectivity index is 1.71. The van der Waals surface area contributed by atoms with Crippen LogP contribution in [0.5, 0.6) is 0 Å². The van der Waals surface area contributed by atoms with Gasteiger partial charge in [-0.15, -0.1) is 0 Å². The highest BCUT2D eigenvalue weighted by Crippen LogP contribution is 2.24. The van der Waals surface area contributed by atoms with Crippen molar-refractivity contribution in [1.29, 1.82) is 0 Å². The molecule has 0 atom stereocenters. The van der Waals surface area contributed by atoms with E-state index < -0.39 is 0 Å². The first-order valence-electron chi connectivity index (χ1n) is 10.9. The SMILES string of the molecule is Cc1cccc(-n2c(C)cn3c4c(=O)n(C/C=C\c5ccccc5)c(=O)n(C)c4nc23)c1C. The van der Waals surface area contributed by atoms with E-state index in [2.05, 4.69) is 19.9 Å². The number of benzene rings is 2. The molecular weight excluding hydrogens is 414 g/mol. The molecule has 0 N–H and O–H groups in total. The molecule has 0 fully saturated rings. The molecule has 7 heteroatoms. The van der Waals surface area contributed by atoms with Gasteiger partial charge in [0, 0.05) is 25.5 Å². The zero-order valence-electron chi connectivity index (χ0n) is 19.1. The van der Waals surface area contributed by atoms with Gasteiger partial charge in [0.05, 0.1) is 5.69 Å². The summed E-state index contributed by atoms with van der Waals surface area (Å²) < 4.78 is 6.53. The van der Waals surface area contributed by atoms with Gasteiger partial charge in [-0.25, -0.2) is 4.79 Å². The Morgan fingerprint density at radius 1 is 0.970 bits per heavy atom. The van der Waals surface area contributed by atoms with Crippen LogP contribution in [0.25, 0.3) is 28.7 Å². The molecule has 3 heterocycles. The van der Waals surface area contributed by atoms with E-state index in [0.29, 0.717) is 16.9 Å². The number of hydrogen-bond acceptors (Lipinski definition) is 3. The van der Waals surface area contributed by atoms with Crippen LogP contribution in [0.4, 0.5) is 0 Å². The van der Waals surface area contributed by atoms with E-state index in [0.717, 1.165) is 22.5 Å². The van der Waals surface area contributed by atoms with Gasteiger partial charge in [-0.2, -0.15) is 4.98 Å². The van der Waals surface area contributed by atoms with Crippen molar-refractivity contribution in [2.45, 2.75) is 27.3 Å². The molecule has 33 heavy (non-hydrogen) atoms. The lowest BCUT2D eigenvalue weighted by molar-refractivity contribution is 0.667. The van der Waals surface area contributed by atoms with Crippen molar-refractivity contribution in [1.82, 2.24) is 23.1 Å². The van der Waals surface area contributed by atoms with Gasteiger partial charge in [-0.05, 0) is 43.5 Å². The topological polar surface area (TPSA) is 66.2 Å². The average molecular weight is 440 g/mol. The fourth-order valence-electron chi connectivity index (χ4n) is 4.31. The minimum Gasteiger partial charge on any atom is -0.283 e. The molecule has 7 nitrogen and oxygen atoms in total. The molecule has 0 unspecified atom stereocenters. The number of nitrogens with zero attached hydrogens (tertiary/aromatic N) is 5. The average Bonchev–Trinajstić information content (AvgIpc) is 3.32. The van der Waals surface area contributed by atoms with Crippen LogP contribution < -0.4 is 11.2 Å². The smallest absolute Gasteiger partial charge is 0.283 e. The maximum absolute atomic E-state index is 13.4. The molecule has 0 bridgehead atoms. The summed E-state index contributed by atoms with van der Waals surface area (Å²) in [5.41, 5.74) is 5.33. The van der Waals surface area contributed by atoms with Crippen LogP contribution in [0.1, 0.15) is 22.4 Å². The molecule has 2 aromatic carbocycles. The number of imidazole rings is 2. The second-order valence-corrected chi connectivity index (χ2v) is 8.35. The molecule has 0 aliphatic heterocycles. The molecule has 0 amide bonds. The van der Waals surface area contributed by atoms with Crippen LogP contribution in [0.3, 0.4) is 0 Å². The van der Waals surface area contributed by atoms with Crippen molar-refractivity contribution in [2.24, 2.45) is 7.05 Å². The molecule has 166 valence electrons. The molecule has 0 aliphatic carbocycles. The van der Waals surface area contributed by atoms with Gasteiger partial charge in [0.2, 0.25) is 5.78 Å². The molecule has 0 aliphatic rings. The standard InChI is InChI=1S/C26H25N5O2/c1-17-10-8-14-21(19(17)3)31-18(2)16-30-22-23(27-25(30)31)28(4)26(33)29(24(22)32)15-9-13-20-11-6-5-7-12-20/h5-14,16H,15H2,1-4H3/b13-9-. The fraction of sp³-hybridized carbons (Fsp3) is 0.192. The molecule has 5 aromatic rings. The van der Waals surface area contributed by atoms with Gasteiger partial charge in [-0.3, -0.25) is 22.9 Å². The third kappa shape index (κ3) is 3.24. The summed E-state index contributed by atoms with van der Waals surface area (Å²) in [6, 6.07) is 15.9.